The van der Waals surface area contributed by atoms with Crippen LogP contribution in [-0.2, 0) is 37.4 Å². The minimum atomic E-state index is -3.98. The zero-order valence-electron chi connectivity index (χ0n) is 28.6. The maximum Gasteiger partial charge on any atom is 0.352 e. The van der Waals surface area contributed by atoms with Crippen LogP contribution in [0.5, 0.6) is 0 Å². The molecule has 2 N–H and O–H groups in total. The topological polar surface area (TPSA) is 121 Å². The molecule has 0 fully saturated rings. The van der Waals surface area contributed by atoms with E-state index in [1.165, 1.54) is 25.3 Å². The highest BCUT2D eigenvalue weighted by molar-refractivity contribution is 7.54. The van der Waals surface area contributed by atoms with E-state index in [-0.39, 0.29) is 61.3 Å². The van der Waals surface area contributed by atoms with Gasteiger partial charge in [0.25, 0.3) is 0 Å². The van der Waals surface area contributed by atoms with Crippen LogP contribution in [0.1, 0.15) is 76.2 Å². The van der Waals surface area contributed by atoms with Crippen LogP contribution in [0, 0.1) is 5.82 Å². The van der Waals surface area contributed by atoms with Gasteiger partial charge in [0.15, 0.2) is 0 Å². The molecular formula is C35H46Cl2FN2O8P. The molecule has 49 heavy (non-hydrogen) atoms. The standard InChI is InChI=1S/C35H46Cl2FN2O8P/c1-6-9-19-47-49(43,48-20-10-7-2)33(31-26(37)16-13-17-27(31)38)39-18-21-45-22-28-32(35(42)46-8-3)30(24-14-11-12-15-25(24)36)29(23(4)40-28)34(41)44-5/h11-17,30,33,39-40H,6-10,18-22H2,1-5H3. The number of nitrogens with one attached hydrogen (secondary N) is 2. The number of hydrogen-bond donors (Lipinski definition) is 2. The van der Waals surface area contributed by atoms with Crippen LogP contribution in [-0.4, -0.2) is 58.6 Å². The summed E-state index contributed by atoms with van der Waals surface area (Å²) in [6, 6.07) is 11.1. The van der Waals surface area contributed by atoms with Gasteiger partial charge in [0.1, 0.15) is 11.6 Å². The molecule has 0 amide bonds. The fourth-order valence-electron chi connectivity index (χ4n) is 5.31. The van der Waals surface area contributed by atoms with Crippen molar-refractivity contribution in [3.63, 3.8) is 0 Å². The van der Waals surface area contributed by atoms with Crippen LogP contribution in [0.4, 0.5) is 4.39 Å². The van der Waals surface area contributed by atoms with Crippen LogP contribution in [0.15, 0.2) is 65.0 Å². The second-order valence-electron chi connectivity index (χ2n) is 11.2. The number of carbonyl (C=O) groups excluding carboxylic acids is 2. The van der Waals surface area contributed by atoms with Crippen molar-refractivity contribution in [1.29, 1.82) is 0 Å². The molecule has 2 unspecified atom stereocenters. The van der Waals surface area contributed by atoms with Gasteiger partial charge in [0.2, 0.25) is 0 Å². The maximum atomic E-state index is 15.3. The Morgan fingerprint density at radius 1 is 0.939 bits per heavy atom. The summed E-state index contributed by atoms with van der Waals surface area (Å²) < 4.78 is 57.8. The summed E-state index contributed by atoms with van der Waals surface area (Å²) in [6.07, 6.45) is 2.86. The van der Waals surface area contributed by atoms with Crippen LogP contribution in [0.2, 0.25) is 10.0 Å². The number of benzene rings is 2. The fraction of sp³-hybridized carbons (Fsp3) is 0.486. The summed E-state index contributed by atoms with van der Waals surface area (Å²) in [7, 11) is -2.72. The van der Waals surface area contributed by atoms with E-state index in [0.717, 1.165) is 12.8 Å². The molecule has 2 aromatic rings. The van der Waals surface area contributed by atoms with Crippen molar-refractivity contribution in [2.24, 2.45) is 0 Å². The van der Waals surface area contributed by atoms with Crippen LogP contribution in [0.25, 0.3) is 0 Å². The molecule has 270 valence electrons. The Morgan fingerprint density at radius 3 is 2.18 bits per heavy atom. The molecule has 14 heteroatoms. The first-order chi connectivity index (χ1) is 23.5. The van der Waals surface area contributed by atoms with E-state index in [9.17, 15) is 14.2 Å². The van der Waals surface area contributed by atoms with Crippen molar-refractivity contribution in [2.75, 3.05) is 46.7 Å². The van der Waals surface area contributed by atoms with Gasteiger partial charge in [0, 0.05) is 27.9 Å². The monoisotopic (exact) mass is 742 g/mol. The van der Waals surface area contributed by atoms with Crippen molar-refractivity contribution in [2.45, 2.75) is 65.1 Å². The predicted octanol–water partition coefficient (Wildman–Crippen LogP) is 8.22. The lowest BCUT2D eigenvalue weighted by Crippen LogP contribution is -2.35. The molecule has 0 radical (unpaired) electrons. The third-order valence-corrected chi connectivity index (χ3v) is 10.6. The molecule has 3 rings (SSSR count). The minimum absolute atomic E-state index is 0.0250. The van der Waals surface area contributed by atoms with Gasteiger partial charge in [-0.25, -0.2) is 14.0 Å². The van der Waals surface area contributed by atoms with Crippen molar-refractivity contribution < 1.29 is 41.8 Å². The average molecular weight is 744 g/mol. The van der Waals surface area contributed by atoms with Gasteiger partial charge < -0.3 is 28.6 Å². The molecule has 0 bridgehead atoms. The van der Waals surface area contributed by atoms with E-state index in [1.54, 1.807) is 38.1 Å². The molecule has 0 saturated heterocycles. The number of rotatable bonds is 20. The molecule has 2 aromatic carbocycles. The number of dihydropyridines is 1. The van der Waals surface area contributed by atoms with Gasteiger partial charge in [-0.05, 0) is 50.5 Å². The van der Waals surface area contributed by atoms with Crippen LogP contribution >= 0.6 is 30.8 Å². The Kier molecular flexibility index (Phi) is 16.7. The van der Waals surface area contributed by atoms with Crippen molar-refractivity contribution in [1.82, 2.24) is 10.6 Å². The van der Waals surface area contributed by atoms with Crippen molar-refractivity contribution in [3.8, 4) is 0 Å². The Balaban J connectivity index is 1.92. The number of carbonyl (C=O) groups is 2. The van der Waals surface area contributed by atoms with Gasteiger partial charge in [-0.2, -0.15) is 0 Å². The molecule has 1 aliphatic rings. The molecule has 1 heterocycles. The summed E-state index contributed by atoms with van der Waals surface area (Å²) in [4.78, 5) is 26.5. The van der Waals surface area contributed by atoms with E-state index in [2.05, 4.69) is 10.6 Å². The highest BCUT2D eigenvalue weighted by atomic mass is 35.5. The lowest BCUT2D eigenvalue weighted by Gasteiger charge is -2.32. The van der Waals surface area contributed by atoms with E-state index < -0.39 is 37.1 Å². The zero-order valence-corrected chi connectivity index (χ0v) is 31.0. The number of unbranched alkanes of at least 4 members (excludes halogenated alkanes) is 2. The molecule has 0 spiro atoms. The molecule has 10 nitrogen and oxygen atoms in total. The van der Waals surface area contributed by atoms with Crippen molar-refractivity contribution in [3.05, 3.63) is 92.0 Å². The SMILES string of the molecule is CCCCOP(=O)(OCCCC)C(NCCOCC1=C(C(=O)OCC)C(c2ccccc2Cl)C(C(=O)OC)=C(C)N1)c1c(F)cccc1Cl. The average Bonchev–Trinajstić information content (AvgIpc) is 3.07. The van der Waals surface area contributed by atoms with Gasteiger partial charge in [0.05, 0.1) is 62.9 Å². The third kappa shape index (κ3) is 10.6. The van der Waals surface area contributed by atoms with E-state index in [1.807, 2.05) is 13.8 Å². The molecule has 1 aliphatic heterocycles. The van der Waals surface area contributed by atoms with E-state index in [4.69, 9.17) is 46.5 Å². The third-order valence-electron chi connectivity index (χ3n) is 7.72. The number of allylic oxidation sites excluding steroid dienone is 1. The molecule has 2 atom stereocenters. The Bertz CT molecular complexity index is 1520. The normalized spacial score (nSPS) is 15.6. The number of esters is 2. The lowest BCUT2D eigenvalue weighted by molar-refractivity contribution is -0.139. The molecule has 0 aromatic heterocycles. The Labute approximate surface area is 298 Å². The van der Waals surface area contributed by atoms with Gasteiger partial charge in [-0.3, -0.25) is 9.88 Å². The number of ether oxygens (including phenoxy) is 3. The number of hydrogen-bond acceptors (Lipinski definition) is 10. The summed E-state index contributed by atoms with van der Waals surface area (Å²) >= 11 is 13.0. The van der Waals surface area contributed by atoms with Crippen LogP contribution in [0.3, 0.4) is 0 Å². The second-order valence-corrected chi connectivity index (χ2v) is 14.1. The molecule has 0 saturated carbocycles. The first kappa shape index (κ1) is 40.7. The quantitative estimate of drug-likeness (QED) is 0.0780. The first-order valence-corrected chi connectivity index (χ1v) is 18.8. The predicted molar refractivity (Wildman–Crippen MR) is 188 cm³/mol. The molecule has 0 aliphatic carbocycles. The Morgan fingerprint density at radius 2 is 1.59 bits per heavy atom. The smallest absolute Gasteiger partial charge is 0.352 e. The van der Waals surface area contributed by atoms with Crippen LogP contribution < -0.4 is 10.6 Å². The van der Waals surface area contributed by atoms with E-state index >= 15 is 4.39 Å². The maximum absolute atomic E-state index is 15.3. The number of methoxy groups -OCH3 is 1. The fourth-order valence-corrected chi connectivity index (χ4v) is 7.97. The highest BCUT2D eigenvalue weighted by Gasteiger charge is 2.41. The number of halogens is 3. The summed E-state index contributed by atoms with van der Waals surface area (Å²) in [5.41, 5.74) is 1.64. The summed E-state index contributed by atoms with van der Waals surface area (Å²) in [5, 5.41) is 6.65. The van der Waals surface area contributed by atoms with Gasteiger partial charge in [-0.15, -0.1) is 0 Å². The van der Waals surface area contributed by atoms with Gasteiger partial charge >= 0.3 is 19.5 Å². The summed E-state index contributed by atoms with van der Waals surface area (Å²) in [6.45, 7) is 7.72. The van der Waals surface area contributed by atoms with Gasteiger partial charge in [-0.1, -0.05) is 74.2 Å². The highest BCUT2D eigenvalue weighted by Crippen LogP contribution is 2.61. The largest absolute Gasteiger partial charge is 0.466 e. The minimum Gasteiger partial charge on any atom is -0.466 e. The second kappa shape index (κ2) is 20.2. The Hall–Kier alpha value is -2.76. The zero-order chi connectivity index (χ0) is 36.0. The first-order valence-electron chi connectivity index (χ1n) is 16.4. The summed E-state index contributed by atoms with van der Waals surface area (Å²) in [5.74, 6) is -4.08. The lowest BCUT2D eigenvalue weighted by atomic mass is 9.80. The molecular weight excluding hydrogens is 697 g/mol. The van der Waals surface area contributed by atoms with Crippen molar-refractivity contribution >= 4 is 42.7 Å². The van der Waals surface area contributed by atoms with E-state index in [0.29, 0.717) is 34.8 Å².